The second-order valence-corrected chi connectivity index (χ2v) is 15.1. The third-order valence-electron chi connectivity index (χ3n) is 6.61. The SMILES string of the molecule is Cc1cc(Nc2nc(Cl)nc(Nc3ccc(NC(=O)C(Br)CBr)cc3)n2)ccc1N=Nc1ccc2cc(S(=O)(=O)O)cc(S(=O)(=O)O)c2c1. The molecule has 0 aliphatic rings. The molecule has 1 heterocycles. The van der Waals surface area contributed by atoms with Crippen LogP contribution in [0.5, 0.6) is 0 Å². The minimum Gasteiger partial charge on any atom is -0.325 e. The zero-order valence-corrected chi connectivity index (χ0v) is 30.4. The number of nitrogens with one attached hydrogen (secondary N) is 3. The lowest BCUT2D eigenvalue weighted by molar-refractivity contribution is -0.115. The van der Waals surface area contributed by atoms with Crippen molar-refractivity contribution in [2.75, 3.05) is 21.3 Å². The van der Waals surface area contributed by atoms with Gasteiger partial charge in [0.25, 0.3) is 20.2 Å². The molecule has 1 unspecified atom stereocenters. The van der Waals surface area contributed by atoms with Crippen molar-refractivity contribution >= 4 is 121 Å². The third-order valence-corrected chi connectivity index (χ3v) is 10.8. The van der Waals surface area contributed by atoms with Crippen LogP contribution < -0.4 is 16.0 Å². The number of anilines is 5. The van der Waals surface area contributed by atoms with Crippen LogP contribution in [0.3, 0.4) is 0 Å². The monoisotopic (exact) mass is 852 g/mol. The van der Waals surface area contributed by atoms with Gasteiger partial charge in [-0.2, -0.15) is 42.0 Å². The standard InChI is InChI=1S/C29H23Br2ClN8O7S2/c1-15-10-19(35-29-37-27(32)36-28(38-29)34-18-6-4-17(5-7-18)33-26(41)23(31)14-30)8-9-24(15)40-39-20-3-2-16-11-21(48(42,43)44)13-25(22(16)12-20)49(45,46)47/h2-13,23H,14H2,1H3,(H,33,41)(H,42,43,44)(H,45,46,47)(H2,34,35,36,37,38). The maximum absolute atomic E-state index is 12.1. The lowest BCUT2D eigenvalue weighted by Gasteiger charge is -2.11. The smallest absolute Gasteiger partial charge is 0.295 e. The van der Waals surface area contributed by atoms with Crippen molar-refractivity contribution in [3.63, 3.8) is 0 Å². The Bertz CT molecular complexity index is 2330. The van der Waals surface area contributed by atoms with E-state index in [2.05, 4.69) is 73.0 Å². The van der Waals surface area contributed by atoms with Gasteiger partial charge in [0, 0.05) is 27.8 Å². The molecule has 15 nitrogen and oxygen atoms in total. The normalized spacial score (nSPS) is 12.6. The topological polar surface area (TPSA) is 225 Å². The summed E-state index contributed by atoms with van der Waals surface area (Å²) < 4.78 is 66.3. The highest BCUT2D eigenvalue weighted by Crippen LogP contribution is 2.32. The van der Waals surface area contributed by atoms with Crippen LogP contribution in [0.2, 0.25) is 5.28 Å². The predicted molar refractivity (Wildman–Crippen MR) is 192 cm³/mol. The van der Waals surface area contributed by atoms with Crippen LogP contribution in [-0.4, -0.2) is 57.0 Å². The van der Waals surface area contributed by atoms with Crippen LogP contribution in [0.25, 0.3) is 10.8 Å². The number of aromatic nitrogens is 3. The highest BCUT2D eigenvalue weighted by Gasteiger charge is 2.21. The van der Waals surface area contributed by atoms with E-state index in [0.29, 0.717) is 39.7 Å². The Morgan fingerprint density at radius 2 is 1.47 bits per heavy atom. The summed E-state index contributed by atoms with van der Waals surface area (Å²) in [5, 5.41) is 17.8. The first-order valence-electron chi connectivity index (χ1n) is 13.7. The van der Waals surface area contributed by atoms with Crippen molar-refractivity contribution in [1.82, 2.24) is 15.0 Å². The summed E-state index contributed by atoms with van der Waals surface area (Å²) >= 11 is 12.7. The van der Waals surface area contributed by atoms with E-state index in [0.717, 1.165) is 6.07 Å². The Morgan fingerprint density at radius 3 is 2.08 bits per heavy atom. The first-order chi connectivity index (χ1) is 23.1. The van der Waals surface area contributed by atoms with Crippen LogP contribution in [0.4, 0.5) is 40.3 Å². The Morgan fingerprint density at radius 1 is 0.837 bits per heavy atom. The molecule has 0 aliphatic heterocycles. The molecular formula is C29H23Br2ClN8O7S2. The molecule has 0 bridgehead atoms. The minimum atomic E-state index is -4.86. The summed E-state index contributed by atoms with van der Waals surface area (Å²) in [5.74, 6) is 0.135. The summed E-state index contributed by atoms with van der Waals surface area (Å²) in [7, 11) is -9.60. The number of carbonyl (C=O) groups excluding carboxylic acids is 1. The van der Waals surface area contributed by atoms with Crippen LogP contribution in [0, 0.1) is 6.92 Å². The number of rotatable bonds is 11. The number of hydrogen-bond acceptors (Lipinski definition) is 12. The average Bonchev–Trinajstić information content (AvgIpc) is 3.03. The average molecular weight is 855 g/mol. The number of aryl methyl sites for hydroxylation is 1. The highest BCUT2D eigenvalue weighted by atomic mass is 79.9. The van der Waals surface area contributed by atoms with E-state index < -0.39 is 30.0 Å². The van der Waals surface area contributed by atoms with E-state index in [9.17, 15) is 30.7 Å². The molecule has 0 saturated carbocycles. The van der Waals surface area contributed by atoms with Gasteiger partial charge < -0.3 is 16.0 Å². The molecule has 0 fully saturated rings. The van der Waals surface area contributed by atoms with Crippen LogP contribution in [-0.2, 0) is 25.0 Å². The van der Waals surface area contributed by atoms with Gasteiger partial charge in [0.2, 0.25) is 23.1 Å². The van der Waals surface area contributed by atoms with Gasteiger partial charge in [-0.25, -0.2) is 0 Å². The first kappa shape index (κ1) is 36.2. The molecule has 20 heteroatoms. The van der Waals surface area contributed by atoms with Crippen LogP contribution in [0.15, 0.2) is 92.8 Å². The molecule has 0 radical (unpaired) electrons. The Balaban J connectivity index is 1.31. The summed E-state index contributed by atoms with van der Waals surface area (Å²) in [6, 6.07) is 17.9. The Hall–Kier alpha value is -4.11. The molecule has 1 aromatic heterocycles. The molecule has 4 aromatic carbocycles. The molecule has 1 amide bonds. The van der Waals surface area contributed by atoms with Crippen LogP contribution >= 0.6 is 43.5 Å². The zero-order valence-electron chi connectivity index (χ0n) is 24.8. The zero-order chi connectivity index (χ0) is 35.5. The fourth-order valence-corrected chi connectivity index (χ4v) is 6.23. The van der Waals surface area contributed by atoms with Gasteiger partial charge in [0.1, 0.15) is 9.72 Å². The summed E-state index contributed by atoms with van der Waals surface area (Å²) in [5.41, 5.74) is 3.21. The van der Waals surface area contributed by atoms with Crippen molar-refractivity contribution in [3.05, 3.63) is 83.6 Å². The number of azo groups is 1. The second kappa shape index (κ2) is 14.8. The first-order valence-corrected chi connectivity index (χ1v) is 19.0. The quantitative estimate of drug-likeness (QED) is 0.0495. The van der Waals surface area contributed by atoms with Gasteiger partial charge in [-0.15, -0.1) is 0 Å². The molecule has 5 N–H and O–H groups in total. The maximum atomic E-state index is 12.1. The fourth-order valence-electron chi connectivity index (χ4n) is 4.31. The van der Waals surface area contributed by atoms with E-state index in [1.54, 1.807) is 49.4 Å². The lowest BCUT2D eigenvalue weighted by Crippen LogP contribution is -2.23. The summed E-state index contributed by atoms with van der Waals surface area (Å²) in [6.07, 6.45) is 0. The van der Waals surface area contributed by atoms with Gasteiger partial charge >= 0.3 is 0 Å². The minimum absolute atomic E-state index is 0.0214. The van der Waals surface area contributed by atoms with Gasteiger partial charge in [0.05, 0.1) is 16.3 Å². The molecule has 1 atom stereocenters. The molecule has 0 saturated heterocycles. The van der Waals surface area contributed by atoms with E-state index in [1.165, 1.54) is 18.2 Å². The number of carbonyl (C=O) groups is 1. The van der Waals surface area contributed by atoms with Crippen LogP contribution in [0.1, 0.15) is 5.56 Å². The number of benzene rings is 4. The third kappa shape index (κ3) is 9.32. The number of fused-ring (bicyclic) bond motifs is 1. The highest BCUT2D eigenvalue weighted by molar-refractivity contribution is 9.12. The van der Waals surface area contributed by atoms with E-state index in [1.807, 2.05) is 0 Å². The molecule has 49 heavy (non-hydrogen) atoms. The van der Waals surface area contributed by atoms with Gasteiger partial charge in [-0.1, -0.05) is 37.9 Å². The summed E-state index contributed by atoms with van der Waals surface area (Å²) in [4.78, 5) is 22.9. The van der Waals surface area contributed by atoms with Crippen molar-refractivity contribution in [1.29, 1.82) is 0 Å². The lowest BCUT2D eigenvalue weighted by atomic mass is 10.1. The molecule has 254 valence electrons. The van der Waals surface area contributed by atoms with E-state index >= 15 is 0 Å². The number of nitrogens with zero attached hydrogens (tertiary/aromatic N) is 5. The van der Waals surface area contributed by atoms with Gasteiger partial charge in [0.15, 0.2) is 0 Å². The molecule has 0 aliphatic carbocycles. The van der Waals surface area contributed by atoms with E-state index in [4.69, 9.17) is 11.6 Å². The molecule has 5 aromatic rings. The molecular weight excluding hydrogens is 832 g/mol. The van der Waals surface area contributed by atoms with Crippen molar-refractivity contribution in [2.24, 2.45) is 10.2 Å². The predicted octanol–water partition coefficient (Wildman–Crippen LogP) is 7.48. The van der Waals surface area contributed by atoms with Crippen molar-refractivity contribution in [3.8, 4) is 0 Å². The molecule has 0 spiro atoms. The maximum Gasteiger partial charge on any atom is 0.295 e. The van der Waals surface area contributed by atoms with Crippen molar-refractivity contribution < 1.29 is 30.7 Å². The fraction of sp³-hybridized carbons (Fsp3) is 0.103. The summed E-state index contributed by atoms with van der Waals surface area (Å²) in [6.45, 7) is 1.78. The largest absolute Gasteiger partial charge is 0.325 e. The number of hydrogen-bond donors (Lipinski definition) is 5. The van der Waals surface area contributed by atoms with E-state index in [-0.39, 0.29) is 44.4 Å². The molecule has 5 rings (SSSR count). The van der Waals surface area contributed by atoms with Gasteiger partial charge in [-0.05, 0) is 96.2 Å². The Kier molecular flexibility index (Phi) is 10.9. The number of amides is 1. The van der Waals surface area contributed by atoms with Gasteiger partial charge in [-0.3, -0.25) is 13.9 Å². The number of alkyl halides is 2. The second-order valence-electron chi connectivity index (χ2n) is 10.2. The van der Waals surface area contributed by atoms with Crippen molar-refractivity contribution in [2.45, 2.75) is 21.5 Å². The Labute approximate surface area is 301 Å². The number of halogens is 3.